The van der Waals surface area contributed by atoms with Gasteiger partial charge in [-0.05, 0) is 31.4 Å². The van der Waals surface area contributed by atoms with Gasteiger partial charge in [-0.3, -0.25) is 0 Å². The van der Waals surface area contributed by atoms with Gasteiger partial charge in [0.25, 0.3) is 0 Å². The second-order valence-corrected chi connectivity index (χ2v) is 5.21. The van der Waals surface area contributed by atoms with E-state index in [1.807, 2.05) is 0 Å². The van der Waals surface area contributed by atoms with Crippen molar-refractivity contribution < 1.29 is 0 Å². The van der Waals surface area contributed by atoms with E-state index in [9.17, 15) is 0 Å². The third-order valence-corrected chi connectivity index (χ3v) is 3.14. The third-order valence-electron chi connectivity index (χ3n) is 3.14. The molecule has 2 heteroatoms. The molecule has 0 fully saturated rings. The molecule has 1 heterocycles. The second-order valence-electron chi connectivity index (χ2n) is 5.21. The molecule has 0 aliphatic carbocycles. The molecule has 2 nitrogen and oxygen atoms in total. The Balaban J connectivity index is 2.12. The van der Waals surface area contributed by atoms with Gasteiger partial charge in [0.2, 0.25) is 0 Å². The normalized spacial score (nSPS) is 12.9. The van der Waals surface area contributed by atoms with Crippen molar-refractivity contribution in [1.82, 2.24) is 4.57 Å². The standard InChI is InChI=1S/C15H28N2/c1-3-4-5-6-7-8-10-17-11-9-15(13-17)12-14(2)16/h9,11,13-14H,3-8,10,12,16H2,1-2H3. The number of nitrogens with zero attached hydrogens (tertiary/aromatic N) is 1. The largest absolute Gasteiger partial charge is 0.354 e. The first-order valence-electron chi connectivity index (χ1n) is 7.12. The molecule has 1 atom stereocenters. The van der Waals surface area contributed by atoms with Crippen LogP contribution in [0, 0.1) is 0 Å². The lowest BCUT2D eigenvalue weighted by Gasteiger charge is -2.04. The quantitative estimate of drug-likeness (QED) is 0.651. The van der Waals surface area contributed by atoms with Crippen molar-refractivity contribution in [3.8, 4) is 0 Å². The first kappa shape index (κ1) is 14.3. The summed E-state index contributed by atoms with van der Waals surface area (Å²) in [5.41, 5.74) is 7.16. The van der Waals surface area contributed by atoms with E-state index in [1.165, 1.54) is 44.1 Å². The summed E-state index contributed by atoms with van der Waals surface area (Å²) >= 11 is 0. The molecule has 0 saturated carbocycles. The molecule has 0 spiro atoms. The summed E-state index contributed by atoms with van der Waals surface area (Å²) in [6, 6.07) is 2.46. The molecule has 1 unspecified atom stereocenters. The maximum atomic E-state index is 5.79. The molecular formula is C15H28N2. The highest BCUT2D eigenvalue weighted by molar-refractivity contribution is 5.11. The van der Waals surface area contributed by atoms with Crippen molar-refractivity contribution >= 4 is 0 Å². The van der Waals surface area contributed by atoms with Gasteiger partial charge in [-0.25, -0.2) is 0 Å². The van der Waals surface area contributed by atoms with Crippen LogP contribution < -0.4 is 5.73 Å². The lowest BCUT2D eigenvalue weighted by Crippen LogP contribution is -2.17. The zero-order chi connectivity index (χ0) is 12.5. The molecular weight excluding hydrogens is 208 g/mol. The molecule has 98 valence electrons. The van der Waals surface area contributed by atoms with E-state index in [2.05, 4.69) is 36.9 Å². The van der Waals surface area contributed by atoms with E-state index >= 15 is 0 Å². The van der Waals surface area contributed by atoms with Gasteiger partial charge in [0.1, 0.15) is 0 Å². The van der Waals surface area contributed by atoms with Crippen LogP contribution in [0.5, 0.6) is 0 Å². The van der Waals surface area contributed by atoms with Gasteiger partial charge in [-0.15, -0.1) is 0 Å². The summed E-state index contributed by atoms with van der Waals surface area (Å²) in [6.45, 7) is 5.48. The van der Waals surface area contributed by atoms with E-state index in [1.54, 1.807) is 0 Å². The summed E-state index contributed by atoms with van der Waals surface area (Å²) in [7, 11) is 0. The molecule has 0 amide bonds. The molecule has 0 bridgehead atoms. The van der Waals surface area contributed by atoms with E-state index in [-0.39, 0.29) is 6.04 Å². The molecule has 0 saturated heterocycles. The van der Waals surface area contributed by atoms with Gasteiger partial charge in [-0.2, -0.15) is 0 Å². The van der Waals surface area contributed by atoms with E-state index in [4.69, 9.17) is 5.73 Å². The van der Waals surface area contributed by atoms with E-state index in [0.717, 1.165) is 13.0 Å². The van der Waals surface area contributed by atoms with Crippen molar-refractivity contribution in [3.63, 3.8) is 0 Å². The van der Waals surface area contributed by atoms with Crippen LogP contribution >= 0.6 is 0 Å². The van der Waals surface area contributed by atoms with Crippen LogP contribution in [0.4, 0.5) is 0 Å². The van der Waals surface area contributed by atoms with E-state index in [0.29, 0.717) is 0 Å². The number of hydrogen-bond donors (Lipinski definition) is 1. The zero-order valence-corrected chi connectivity index (χ0v) is 11.5. The Bertz CT molecular complexity index is 289. The number of hydrogen-bond acceptors (Lipinski definition) is 1. The minimum Gasteiger partial charge on any atom is -0.354 e. The lowest BCUT2D eigenvalue weighted by atomic mass is 10.1. The summed E-state index contributed by atoms with van der Waals surface area (Å²) in [6.07, 6.45) is 13.6. The van der Waals surface area contributed by atoms with Crippen molar-refractivity contribution in [3.05, 3.63) is 24.0 Å². The first-order valence-corrected chi connectivity index (χ1v) is 7.12. The Morgan fingerprint density at radius 2 is 1.88 bits per heavy atom. The Kier molecular flexibility index (Phi) is 7.02. The highest BCUT2D eigenvalue weighted by atomic mass is 14.9. The fourth-order valence-corrected chi connectivity index (χ4v) is 2.20. The molecule has 1 aromatic rings. The number of nitrogens with two attached hydrogens (primary N) is 1. The van der Waals surface area contributed by atoms with E-state index < -0.39 is 0 Å². The monoisotopic (exact) mass is 236 g/mol. The first-order chi connectivity index (χ1) is 8.22. The minimum atomic E-state index is 0.264. The maximum Gasteiger partial charge on any atom is 0.0219 e. The van der Waals surface area contributed by atoms with Gasteiger partial charge < -0.3 is 10.3 Å². The van der Waals surface area contributed by atoms with Crippen molar-refractivity contribution in [1.29, 1.82) is 0 Å². The predicted octanol–water partition coefficient (Wildman–Crippen LogP) is 3.74. The molecule has 2 N–H and O–H groups in total. The zero-order valence-electron chi connectivity index (χ0n) is 11.5. The van der Waals surface area contributed by atoms with Gasteiger partial charge in [-0.1, -0.05) is 39.0 Å². The SMILES string of the molecule is CCCCCCCCn1ccc(CC(C)N)c1. The average molecular weight is 236 g/mol. The minimum absolute atomic E-state index is 0.264. The molecule has 1 rings (SSSR count). The summed E-state index contributed by atoms with van der Waals surface area (Å²) in [4.78, 5) is 0. The van der Waals surface area contributed by atoms with Crippen LogP contribution in [0.15, 0.2) is 18.5 Å². The van der Waals surface area contributed by atoms with Crippen LogP contribution in [-0.4, -0.2) is 10.6 Å². The van der Waals surface area contributed by atoms with Crippen molar-refractivity contribution in [2.75, 3.05) is 0 Å². The van der Waals surface area contributed by atoms with Crippen molar-refractivity contribution in [2.45, 2.75) is 71.4 Å². The van der Waals surface area contributed by atoms with Gasteiger partial charge in [0.15, 0.2) is 0 Å². The molecule has 0 aliphatic heterocycles. The number of unbranched alkanes of at least 4 members (excludes halogenated alkanes) is 5. The average Bonchev–Trinajstić information content (AvgIpc) is 2.70. The lowest BCUT2D eigenvalue weighted by molar-refractivity contribution is 0.558. The Morgan fingerprint density at radius 3 is 2.59 bits per heavy atom. The van der Waals surface area contributed by atoms with Crippen LogP contribution in [0.1, 0.15) is 57.9 Å². The van der Waals surface area contributed by atoms with Crippen LogP contribution in [-0.2, 0) is 13.0 Å². The highest BCUT2D eigenvalue weighted by Gasteiger charge is 2.00. The molecule has 0 aromatic carbocycles. The summed E-state index contributed by atoms with van der Waals surface area (Å²) < 4.78 is 2.30. The van der Waals surface area contributed by atoms with Crippen LogP contribution in [0.25, 0.3) is 0 Å². The van der Waals surface area contributed by atoms with Crippen LogP contribution in [0.2, 0.25) is 0 Å². The molecule has 17 heavy (non-hydrogen) atoms. The smallest absolute Gasteiger partial charge is 0.0219 e. The second kappa shape index (κ2) is 8.35. The Labute approximate surface area is 106 Å². The van der Waals surface area contributed by atoms with Crippen LogP contribution in [0.3, 0.4) is 0 Å². The number of rotatable bonds is 9. The van der Waals surface area contributed by atoms with Gasteiger partial charge >= 0.3 is 0 Å². The van der Waals surface area contributed by atoms with Crippen molar-refractivity contribution in [2.24, 2.45) is 5.73 Å². The Morgan fingerprint density at radius 1 is 1.18 bits per heavy atom. The number of aryl methyl sites for hydroxylation is 1. The molecule has 1 aromatic heterocycles. The highest BCUT2D eigenvalue weighted by Crippen LogP contribution is 2.08. The number of aromatic nitrogens is 1. The Hall–Kier alpha value is -0.760. The summed E-state index contributed by atoms with van der Waals surface area (Å²) in [5.74, 6) is 0. The predicted molar refractivity (Wildman–Crippen MR) is 75.2 cm³/mol. The molecule has 0 aliphatic rings. The fourth-order valence-electron chi connectivity index (χ4n) is 2.20. The third kappa shape index (κ3) is 6.52. The topological polar surface area (TPSA) is 30.9 Å². The van der Waals surface area contributed by atoms with Gasteiger partial charge in [0.05, 0.1) is 0 Å². The maximum absolute atomic E-state index is 5.79. The summed E-state index contributed by atoms with van der Waals surface area (Å²) in [5, 5.41) is 0. The fraction of sp³-hybridized carbons (Fsp3) is 0.733. The van der Waals surface area contributed by atoms with Gasteiger partial charge in [0, 0.05) is 25.0 Å². The molecule has 0 radical (unpaired) electrons.